The van der Waals surface area contributed by atoms with Crippen molar-refractivity contribution in [1.82, 2.24) is 0 Å². The molecule has 1 aliphatic carbocycles. The fourth-order valence-electron chi connectivity index (χ4n) is 2.63. The van der Waals surface area contributed by atoms with Gasteiger partial charge in [-0.1, -0.05) is 49.8 Å². The Kier molecular flexibility index (Phi) is 2.43. The van der Waals surface area contributed by atoms with Crippen LogP contribution in [-0.2, 0) is 0 Å². The zero-order valence-corrected chi connectivity index (χ0v) is 9.75. The third-order valence-corrected chi connectivity index (χ3v) is 3.45. The van der Waals surface area contributed by atoms with Gasteiger partial charge in [-0.05, 0) is 30.0 Å². The van der Waals surface area contributed by atoms with E-state index in [9.17, 15) is 0 Å². The minimum absolute atomic E-state index is 0.146. The van der Waals surface area contributed by atoms with Gasteiger partial charge in [0, 0.05) is 5.92 Å². The van der Waals surface area contributed by atoms with E-state index in [1.165, 1.54) is 16.7 Å². The summed E-state index contributed by atoms with van der Waals surface area (Å²) in [6.45, 7) is 7.42. The predicted octanol–water partition coefficient (Wildman–Crippen LogP) is 3.17. The molecule has 0 aromatic heterocycles. The Morgan fingerprint density at radius 1 is 1.27 bits per heavy atom. The highest BCUT2D eigenvalue weighted by atomic mass is 14.6. The number of nitrogens with two attached hydrogens (primary N) is 1. The highest BCUT2D eigenvalue weighted by Gasteiger charge is 2.34. The van der Waals surface area contributed by atoms with Gasteiger partial charge in [-0.25, -0.2) is 0 Å². The lowest BCUT2D eigenvalue weighted by molar-refractivity contribution is 0.329. The van der Waals surface area contributed by atoms with Crippen LogP contribution in [0, 0.1) is 5.41 Å². The summed E-state index contributed by atoms with van der Waals surface area (Å²) >= 11 is 0. The third kappa shape index (κ3) is 1.61. The van der Waals surface area contributed by atoms with Gasteiger partial charge in [0.1, 0.15) is 0 Å². The van der Waals surface area contributed by atoms with Gasteiger partial charge in [-0.15, -0.1) is 0 Å². The third-order valence-electron chi connectivity index (χ3n) is 3.45. The number of hydrogen-bond donors (Lipinski definition) is 1. The van der Waals surface area contributed by atoms with Gasteiger partial charge in [0.05, 0.1) is 0 Å². The molecule has 2 N–H and O–H groups in total. The molecule has 1 nitrogen and oxygen atoms in total. The standard InChI is InChI=1S/C14H19N/c1-10-8-11-6-4-5-7-12(11)13(10)14(2,3)9-15/h4-8,13H,9,15H2,1-3H3. The lowest BCUT2D eigenvalue weighted by atomic mass is 9.73. The van der Waals surface area contributed by atoms with E-state index in [0.29, 0.717) is 5.92 Å². The van der Waals surface area contributed by atoms with Crippen molar-refractivity contribution in [3.05, 3.63) is 41.0 Å². The second-order valence-electron chi connectivity index (χ2n) is 5.14. The van der Waals surface area contributed by atoms with Gasteiger partial charge in [0.25, 0.3) is 0 Å². The second kappa shape index (κ2) is 3.49. The maximum absolute atomic E-state index is 5.88. The molecule has 1 aromatic rings. The first-order valence-electron chi connectivity index (χ1n) is 5.53. The summed E-state index contributed by atoms with van der Waals surface area (Å²) in [5.74, 6) is 0.485. The largest absolute Gasteiger partial charge is 0.330 e. The number of benzene rings is 1. The Morgan fingerprint density at radius 2 is 1.93 bits per heavy atom. The van der Waals surface area contributed by atoms with E-state index in [-0.39, 0.29) is 5.41 Å². The van der Waals surface area contributed by atoms with Crippen LogP contribution in [0.15, 0.2) is 29.8 Å². The molecule has 0 bridgehead atoms. The van der Waals surface area contributed by atoms with Crippen LogP contribution in [0.4, 0.5) is 0 Å². The van der Waals surface area contributed by atoms with E-state index < -0.39 is 0 Å². The molecule has 0 radical (unpaired) electrons. The Morgan fingerprint density at radius 3 is 2.60 bits per heavy atom. The van der Waals surface area contributed by atoms with Crippen molar-refractivity contribution in [2.75, 3.05) is 6.54 Å². The van der Waals surface area contributed by atoms with Crippen molar-refractivity contribution in [3.8, 4) is 0 Å². The van der Waals surface area contributed by atoms with Gasteiger partial charge in [0.15, 0.2) is 0 Å². The summed E-state index contributed by atoms with van der Waals surface area (Å²) in [7, 11) is 0. The minimum atomic E-state index is 0.146. The van der Waals surface area contributed by atoms with E-state index >= 15 is 0 Å². The molecule has 1 unspecified atom stereocenters. The van der Waals surface area contributed by atoms with E-state index in [1.807, 2.05) is 0 Å². The van der Waals surface area contributed by atoms with E-state index in [2.05, 4.69) is 51.1 Å². The Bertz CT molecular complexity index is 402. The molecule has 0 aliphatic heterocycles. The lowest BCUT2D eigenvalue weighted by Crippen LogP contribution is -2.30. The Balaban J connectivity index is 2.48. The SMILES string of the molecule is CC1=Cc2ccccc2C1C(C)(C)CN. The highest BCUT2D eigenvalue weighted by molar-refractivity contribution is 5.66. The first-order valence-corrected chi connectivity index (χ1v) is 5.53. The maximum Gasteiger partial charge on any atom is 0.0118 e. The van der Waals surface area contributed by atoms with Crippen LogP contribution in [0.2, 0.25) is 0 Å². The summed E-state index contributed by atoms with van der Waals surface area (Å²) in [6.07, 6.45) is 2.29. The summed E-state index contributed by atoms with van der Waals surface area (Å²) in [5.41, 5.74) is 10.3. The van der Waals surface area contributed by atoms with Crippen molar-refractivity contribution >= 4 is 6.08 Å². The van der Waals surface area contributed by atoms with Crippen LogP contribution in [0.3, 0.4) is 0 Å². The smallest absolute Gasteiger partial charge is 0.0118 e. The normalized spacial score (nSPS) is 20.0. The topological polar surface area (TPSA) is 26.0 Å². The molecule has 0 amide bonds. The zero-order chi connectivity index (χ0) is 11.1. The van der Waals surface area contributed by atoms with Gasteiger partial charge < -0.3 is 5.73 Å². The van der Waals surface area contributed by atoms with Crippen LogP contribution in [0.5, 0.6) is 0 Å². The molecule has 1 aliphatic rings. The van der Waals surface area contributed by atoms with Gasteiger partial charge in [-0.2, -0.15) is 0 Å². The minimum Gasteiger partial charge on any atom is -0.330 e. The van der Waals surface area contributed by atoms with Crippen molar-refractivity contribution in [2.45, 2.75) is 26.7 Å². The summed E-state index contributed by atoms with van der Waals surface area (Å²) in [4.78, 5) is 0. The van der Waals surface area contributed by atoms with E-state index in [1.54, 1.807) is 0 Å². The van der Waals surface area contributed by atoms with Gasteiger partial charge >= 0.3 is 0 Å². The molecule has 80 valence electrons. The Labute approximate surface area is 92.0 Å². The molecule has 0 spiro atoms. The van der Waals surface area contributed by atoms with Crippen molar-refractivity contribution in [3.63, 3.8) is 0 Å². The first kappa shape index (κ1) is 10.4. The van der Waals surface area contributed by atoms with Crippen molar-refractivity contribution in [2.24, 2.45) is 11.1 Å². The molecule has 0 saturated heterocycles. The molecule has 0 fully saturated rings. The number of fused-ring (bicyclic) bond motifs is 1. The quantitative estimate of drug-likeness (QED) is 0.781. The predicted molar refractivity (Wildman–Crippen MR) is 65.7 cm³/mol. The highest BCUT2D eigenvalue weighted by Crippen LogP contribution is 2.46. The molecule has 1 aromatic carbocycles. The zero-order valence-electron chi connectivity index (χ0n) is 9.75. The molecular weight excluding hydrogens is 182 g/mol. The fourth-order valence-corrected chi connectivity index (χ4v) is 2.63. The van der Waals surface area contributed by atoms with Crippen LogP contribution in [-0.4, -0.2) is 6.54 Å². The average molecular weight is 201 g/mol. The van der Waals surface area contributed by atoms with Crippen LogP contribution >= 0.6 is 0 Å². The average Bonchev–Trinajstić information content (AvgIpc) is 2.54. The molecule has 1 atom stereocenters. The van der Waals surface area contributed by atoms with Crippen LogP contribution < -0.4 is 5.73 Å². The number of hydrogen-bond acceptors (Lipinski definition) is 1. The fraction of sp³-hybridized carbons (Fsp3) is 0.429. The van der Waals surface area contributed by atoms with Crippen molar-refractivity contribution in [1.29, 1.82) is 0 Å². The van der Waals surface area contributed by atoms with Crippen molar-refractivity contribution < 1.29 is 0 Å². The molecule has 15 heavy (non-hydrogen) atoms. The second-order valence-corrected chi connectivity index (χ2v) is 5.14. The first-order chi connectivity index (χ1) is 7.06. The molecule has 2 rings (SSSR count). The number of rotatable bonds is 2. The maximum atomic E-state index is 5.88. The van der Waals surface area contributed by atoms with Gasteiger partial charge in [0.2, 0.25) is 0 Å². The summed E-state index contributed by atoms with van der Waals surface area (Å²) < 4.78 is 0. The van der Waals surface area contributed by atoms with Gasteiger partial charge in [-0.3, -0.25) is 0 Å². The lowest BCUT2D eigenvalue weighted by Gasteiger charge is -2.32. The monoisotopic (exact) mass is 201 g/mol. The van der Waals surface area contributed by atoms with Crippen LogP contribution in [0.1, 0.15) is 37.8 Å². The number of allylic oxidation sites excluding steroid dienone is 1. The van der Waals surface area contributed by atoms with E-state index in [4.69, 9.17) is 5.73 Å². The van der Waals surface area contributed by atoms with E-state index in [0.717, 1.165) is 6.54 Å². The Hall–Kier alpha value is -1.08. The molecule has 0 saturated carbocycles. The van der Waals surface area contributed by atoms with Crippen LogP contribution in [0.25, 0.3) is 6.08 Å². The summed E-state index contributed by atoms with van der Waals surface area (Å²) in [5, 5.41) is 0. The summed E-state index contributed by atoms with van der Waals surface area (Å²) in [6, 6.07) is 8.63. The molecular formula is C14H19N. The molecule has 1 heteroatoms. The molecule has 0 heterocycles.